The Balaban J connectivity index is 2.20. The summed E-state index contributed by atoms with van der Waals surface area (Å²) in [6, 6.07) is 6.71. The molecule has 0 bridgehead atoms. The zero-order valence-electron chi connectivity index (χ0n) is 12.5. The van der Waals surface area contributed by atoms with E-state index < -0.39 is 12.0 Å². The van der Waals surface area contributed by atoms with E-state index in [0.29, 0.717) is 12.8 Å². The second kappa shape index (κ2) is 6.61. The maximum Gasteiger partial charge on any atom is 0.326 e. The number of benzene rings is 1. The Morgan fingerprint density at radius 3 is 2.81 bits per heavy atom. The van der Waals surface area contributed by atoms with Crippen molar-refractivity contribution in [1.82, 2.24) is 5.32 Å². The van der Waals surface area contributed by atoms with Gasteiger partial charge in [-0.05, 0) is 37.8 Å². The highest BCUT2D eigenvalue weighted by Gasteiger charge is 2.30. The first kappa shape index (κ1) is 15.4. The number of aryl methyl sites for hydroxylation is 1. The van der Waals surface area contributed by atoms with Gasteiger partial charge in [0.1, 0.15) is 6.04 Å². The molecule has 1 aliphatic heterocycles. The van der Waals surface area contributed by atoms with Crippen LogP contribution in [0, 0.1) is 0 Å². The van der Waals surface area contributed by atoms with Crippen molar-refractivity contribution < 1.29 is 14.7 Å². The van der Waals surface area contributed by atoms with E-state index in [1.54, 1.807) is 4.90 Å². The predicted octanol–water partition coefficient (Wildman–Crippen LogP) is 2.79. The van der Waals surface area contributed by atoms with Crippen molar-refractivity contribution in [3.8, 4) is 0 Å². The first-order valence-corrected chi connectivity index (χ1v) is 7.45. The van der Waals surface area contributed by atoms with Gasteiger partial charge in [-0.3, -0.25) is 4.90 Å². The number of carboxylic acids is 1. The number of nitrogens with one attached hydrogen (secondary N) is 1. The van der Waals surface area contributed by atoms with E-state index in [1.807, 2.05) is 38.1 Å². The third kappa shape index (κ3) is 3.35. The normalized spacial score (nSPS) is 18.8. The van der Waals surface area contributed by atoms with Gasteiger partial charge < -0.3 is 10.4 Å². The topological polar surface area (TPSA) is 69.6 Å². The molecule has 2 atom stereocenters. The highest BCUT2D eigenvalue weighted by atomic mass is 16.4. The molecule has 0 aliphatic carbocycles. The van der Waals surface area contributed by atoms with Gasteiger partial charge in [-0.1, -0.05) is 31.5 Å². The number of aliphatic carboxylic acids is 1. The highest BCUT2D eigenvalue weighted by molar-refractivity contribution is 5.96. The van der Waals surface area contributed by atoms with Crippen molar-refractivity contribution >= 4 is 17.7 Å². The summed E-state index contributed by atoms with van der Waals surface area (Å²) in [7, 11) is 0. The summed E-state index contributed by atoms with van der Waals surface area (Å²) < 4.78 is 0. The lowest BCUT2D eigenvalue weighted by atomic mass is 9.97. The van der Waals surface area contributed by atoms with Crippen molar-refractivity contribution in [3.05, 3.63) is 29.8 Å². The molecule has 2 N–H and O–H groups in total. The summed E-state index contributed by atoms with van der Waals surface area (Å²) in [5, 5.41) is 11.8. The fraction of sp³-hybridized carbons (Fsp3) is 0.500. The molecule has 0 saturated carbocycles. The monoisotopic (exact) mass is 290 g/mol. The third-order valence-corrected chi connectivity index (χ3v) is 3.92. The molecule has 2 rings (SSSR count). The largest absolute Gasteiger partial charge is 0.480 e. The Kier molecular flexibility index (Phi) is 4.83. The molecule has 2 amide bonds. The second-order valence-corrected chi connectivity index (χ2v) is 5.52. The second-order valence-electron chi connectivity index (χ2n) is 5.52. The molecular weight excluding hydrogens is 268 g/mol. The molecule has 0 saturated heterocycles. The van der Waals surface area contributed by atoms with E-state index in [1.165, 1.54) is 0 Å². The van der Waals surface area contributed by atoms with Gasteiger partial charge in [-0.2, -0.15) is 0 Å². The molecule has 1 unspecified atom stereocenters. The molecule has 1 heterocycles. The number of para-hydroxylation sites is 1. The number of carboxylic acid groups (broad SMARTS) is 1. The average molecular weight is 290 g/mol. The number of fused-ring (bicyclic) bond motifs is 1. The summed E-state index contributed by atoms with van der Waals surface area (Å²) in [5.74, 6) is -0.983. The highest BCUT2D eigenvalue weighted by Crippen LogP contribution is 2.30. The van der Waals surface area contributed by atoms with Crippen molar-refractivity contribution in [2.45, 2.75) is 51.6 Å². The van der Waals surface area contributed by atoms with E-state index in [2.05, 4.69) is 5.32 Å². The van der Waals surface area contributed by atoms with E-state index >= 15 is 0 Å². The molecule has 0 fully saturated rings. The molecule has 1 aliphatic rings. The summed E-state index contributed by atoms with van der Waals surface area (Å²) in [5.41, 5.74) is 2.02. The fourth-order valence-electron chi connectivity index (χ4n) is 2.76. The number of rotatable bonds is 4. The Morgan fingerprint density at radius 2 is 2.14 bits per heavy atom. The minimum atomic E-state index is -0.983. The third-order valence-electron chi connectivity index (χ3n) is 3.92. The first-order valence-electron chi connectivity index (χ1n) is 7.45. The Hall–Kier alpha value is -2.04. The van der Waals surface area contributed by atoms with Crippen molar-refractivity contribution in [1.29, 1.82) is 0 Å². The number of nitrogens with zero attached hydrogens (tertiary/aromatic N) is 1. The fourth-order valence-corrected chi connectivity index (χ4v) is 2.76. The number of hydrogen-bond acceptors (Lipinski definition) is 2. The maximum atomic E-state index is 12.5. The van der Waals surface area contributed by atoms with Crippen LogP contribution >= 0.6 is 0 Å². The van der Waals surface area contributed by atoms with Crippen LogP contribution in [0.5, 0.6) is 0 Å². The molecule has 0 radical (unpaired) electrons. The standard InChI is InChI=1S/C16H22N2O3/c1-3-6-13(15(19)20)17-16(21)18-11(2)9-10-12-7-4-5-8-14(12)18/h4-5,7-8,11,13H,3,6,9-10H2,1-2H3,(H,17,21)(H,19,20)/t11?,13-/m1/s1. The molecule has 5 nitrogen and oxygen atoms in total. The van der Waals surface area contributed by atoms with Gasteiger partial charge >= 0.3 is 12.0 Å². The van der Waals surface area contributed by atoms with Gasteiger partial charge in [0.25, 0.3) is 0 Å². The van der Waals surface area contributed by atoms with Gasteiger partial charge in [0.05, 0.1) is 0 Å². The van der Waals surface area contributed by atoms with Crippen LogP contribution in [0.25, 0.3) is 0 Å². The molecular formula is C16H22N2O3. The maximum absolute atomic E-state index is 12.5. The lowest BCUT2D eigenvalue weighted by Crippen LogP contribution is -2.52. The summed E-state index contributed by atoms with van der Waals surface area (Å²) >= 11 is 0. The molecule has 114 valence electrons. The number of urea groups is 1. The van der Waals surface area contributed by atoms with Gasteiger partial charge in [-0.15, -0.1) is 0 Å². The minimum Gasteiger partial charge on any atom is -0.480 e. The Bertz CT molecular complexity index is 530. The van der Waals surface area contributed by atoms with Crippen LogP contribution in [-0.4, -0.2) is 29.2 Å². The number of carbonyl (C=O) groups excluding carboxylic acids is 1. The van der Waals surface area contributed by atoms with E-state index in [-0.39, 0.29) is 12.1 Å². The first-order chi connectivity index (χ1) is 10.0. The Morgan fingerprint density at radius 1 is 1.43 bits per heavy atom. The van der Waals surface area contributed by atoms with Crippen molar-refractivity contribution in [2.75, 3.05) is 4.90 Å². The molecule has 1 aromatic rings. The smallest absolute Gasteiger partial charge is 0.326 e. The van der Waals surface area contributed by atoms with Crippen LogP contribution in [0.15, 0.2) is 24.3 Å². The molecule has 0 spiro atoms. The number of hydrogen-bond donors (Lipinski definition) is 2. The van der Waals surface area contributed by atoms with E-state index in [4.69, 9.17) is 0 Å². The van der Waals surface area contributed by atoms with Crippen LogP contribution in [0.3, 0.4) is 0 Å². The van der Waals surface area contributed by atoms with Crippen molar-refractivity contribution in [3.63, 3.8) is 0 Å². The van der Waals surface area contributed by atoms with Crippen molar-refractivity contribution in [2.24, 2.45) is 0 Å². The van der Waals surface area contributed by atoms with Crippen LogP contribution in [0.2, 0.25) is 0 Å². The molecule has 5 heteroatoms. The van der Waals surface area contributed by atoms with Crippen LogP contribution in [-0.2, 0) is 11.2 Å². The average Bonchev–Trinajstić information content (AvgIpc) is 2.46. The zero-order valence-corrected chi connectivity index (χ0v) is 12.5. The predicted molar refractivity (Wildman–Crippen MR) is 81.6 cm³/mol. The zero-order chi connectivity index (χ0) is 15.4. The van der Waals surface area contributed by atoms with Gasteiger partial charge in [0.15, 0.2) is 0 Å². The molecule has 21 heavy (non-hydrogen) atoms. The van der Waals surface area contributed by atoms with Gasteiger partial charge in [-0.25, -0.2) is 9.59 Å². The van der Waals surface area contributed by atoms with Crippen LogP contribution < -0.4 is 10.2 Å². The van der Waals surface area contributed by atoms with Crippen LogP contribution in [0.1, 0.15) is 38.7 Å². The summed E-state index contributed by atoms with van der Waals surface area (Å²) in [6.45, 7) is 3.89. The van der Waals surface area contributed by atoms with E-state index in [0.717, 1.165) is 24.1 Å². The van der Waals surface area contributed by atoms with Crippen LogP contribution in [0.4, 0.5) is 10.5 Å². The lowest BCUT2D eigenvalue weighted by Gasteiger charge is -2.35. The van der Waals surface area contributed by atoms with Gasteiger partial charge in [0.2, 0.25) is 0 Å². The SMILES string of the molecule is CCC[C@@H](NC(=O)N1c2ccccc2CCC1C)C(=O)O. The molecule has 1 aromatic carbocycles. The number of carbonyl (C=O) groups is 2. The molecule has 0 aromatic heterocycles. The Labute approximate surface area is 125 Å². The number of anilines is 1. The lowest BCUT2D eigenvalue weighted by molar-refractivity contribution is -0.139. The van der Waals surface area contributed by atoms with E-state index in [9.17, 15) is 14.7 Å². The quantitative estimate of drug-likeness (QED) is 0.896. The van der Waals surface area contributed by atoms with Gasteiger partial charge in [0, 0.05) is 11.7 Å². The number of amides is 2. The summed E-state index contributed by atoms with van der Waals surface area (Å²) in [6.07, 6.45) is 2.97. The minimum absolute atomic E-state index is 0.0657. The summed E-state index contributed by atoms with van der Waals surface area (Å²) in [4.78, 5) is 25.4.